The van der Waals surface area contributed by atoms with Gasteiger partial charge in [0.05, 0.1) is 31.9 Å². The van der Waals surface area contributed by atoms with Gasteiger partial charge in [0.1, 0.15) is 18.3 Å². The van der Waals surface area contributed by atoms with E-state index in [1.54, 1.807) is 13.0 Å². The molecule has 3 aromatic rings. The van der Waals surface area contributed by atoms with Crippen LogP contribution < -0.4 is 23.8 Å². The van der Waals surface area contributed by atoms with Crippen LogP contribution in [0.15, 0.2) is 71.6 Å². The van der Waals surface area contributed by atoms with E-state index in [1.165, 1.54) is 56.6 Å². The van der Waals surface area contributed by atoms with Crippen molar-refractivity contribution in [2.45, 2.75) is 50.6 Å². The van der Waals surface area contributed by atoms with E-state index in [9.17, 15) is 18.0 Å². The van der Waals surface area contributed by atoms with Crippen LogP contribution in [0.25, 0.3) is 0 Å². The summed E-state index contributed by atoms with van der Waals surface area (Å²) in [5.41, 5.74) is 1.02. The molecule has 0 aliphatic heterocycles. The summed E-state index contributed by atoms with van der Waals surface area (Å²) >= 11 is 6.31. The minimum absolute atomic E-state index is 0.0582. The van der Waals surface area contributed by atoms with Crippen molar-refractivity contribution in [1.82, 2.24) is 10.2 Å². The summed E-state index contributed by atoms with van der Waals surface area (Å²) in [5, 5.41) is 3.16. The molecule has 238 valence electrons. The molecule has 0 aliphatic rings. The molecular weight excluding hydrogens is 606 g/mol. The normalized spacial score (nSPS) is 12.5. The summed E-state index contributed by atoms with van der Waals surface area (Å²) in [5.74, 6) is -0.209. The Kier molecular flexibility index (Phi) is 12.3. The smallest absolute Gasteiger partial charge is 0.265 e. The lowest BCUT2D eigenvalue weighted by atomic mass is 10.1. The monoisotopic (exact) mass is 645 g/mol. The highest BCUT2D eigenvalue weighted by atomic mass is 35.5. The second-order valence-electron chi connectivity index (χ2n) is 10.2. The molecule has 3 aromatic carbocycles. The van der Waals surface area contributed by atoms with Crippen LogP contribution in [0.3, 0.4) is 0 Å². The molecule has 44 heavy (non-hydrogen) atoms. The van der Waals surface area contributed by atoms with Gasteiger partial charge in [-0.1, -0.05) is 48.9 Å². The third-order valence-corrected chi connectivity index (χ3v) is 9.27. The predicted octanol–water partition coefficient (Wildman–Crippen LogP) is 4.94. The Labute approximate surface area is 264 Å². The van der Waals surface area contributed by atoms with Gasteiger partial charge in [-0.2, -0.15) is 0 Å². The Morgan fingerprint density at radius 3 is 2.14 bits per heavy atom. The number of nitrogens with zero attached hydrogens (tertiary/aromatic N) is 2. The summed E-state index contributed by atoms with van der Waals surface area (Å²) in [6, 6.07) is 17.2. The van der Waals surface area contributed by atoms with Gasteiger partial charge < -0.3 is 24.4 Å². The highest BCUT2D eigenvalue weighted by Crippen LogP contribution is 2.37. The Balaban J connectivity index is 2.10. The van der Waals surface area contributed by atoms with Gasteiger partial charge in [-0.3, -0.25) is 13.9 Å². The molecule has 0 spiro atoms. The molecule has 0 aliphatic carbocycles. The zero-order valence-corrected chi connectivity index (χ0v) is 27.4. The first-order chi connectivity index (χ1) is 21.0. The number of halogens is 1. The number of hydrogen-bond acceptors (Lipinski definition) is 7. The molecule has 0 fully saturated rings. The molecule has 1 N–H and O–H groups in total. The number of amides is 2. The van der Waals surface area contributed by atoms with Gasteiger partial charge in [0, 0.05) is 23.7 Å². The van der Waals surface area contributed by atoms with Crippen molar-refractivity contribution >= 4 is 39.1 Å². The van der Waals surface area contributed by atoms with E-state index in [-0.39, 0.29) is 45.6 Å². The van der Waals surface area contributed by atoms with Gasteiger partial charge in [0.15, 0.2) is 11.5 Å². The zero-order chi connectivity index (χ0) is 32.4. The van der Waals surface area contributed by atoms with Crippen LogP contribution in [0.4, 0.5) is 5.69 Å². The van der Waals surface area contributed by atoms with Gasteiger partial charge in [0.25, 0.3) is 10.0 Å². The fourth-order valence-electron chi connectivity index (χ4n) is 4.51. The number of hydrogen-bond donors (Lipinski definition) is 1. The third kappa shape index (κ3) is 8.35. The van der Waals surface area contributed by atoms with Crippen molar-refractivity contribution in [2.75, 3.05) is 38.7 Å². The number of benzene rings is 3. The number of carbonyl (C=O) groups is 2. The molecule has 12 heteroatoms. The maximum Gasteiger partial charge on any atom is 0.265 e. The summed E-state index contributed by atoms with van der Waals surface area (Å²) in [7, 11) is -0.187. The van der Waals surface area contributed by atoms with E-state index in [1.807, 2.05) is 44.2 Å². The number of ether oxygens (including phenoxy) is 3. The molecule has 10 nitrogen and oxygen atoms in total. The van der Waals surface area contributed by atoms with Gasteiger partial charge in [-0.05, 0) is 62.6 Å². The van der Waals surface area contributed by atoms with E-state index in [0.29, 0.717) is 18.6 Å². The van der Waals surface area contributed by atoms with Crippen LogP contribution in [0.2, 0.25) is 5.02 Å². The Morgan fingerprint density at radius 2 is 1.52 bits per heavy atom. The van der Waals surface area contributed by atoms with E-state index >= 15 is 0 Å². The first-order valence-electron chi connectivity index (χ1n) is 14.2. The second kappa shape index (κ2) is 15.7. The van der Waals surface area contributed by atoms with Gasteiger partial charge >= 0.3 is 0 Å². The van der Waals surface area contributed by atoms with Crippen molar-refractivity contribution in [3.05, 3.63) is 77.3 Å². The highest BCUT2D eigenvalue weighted by Gasteiger charge is 2.34. The van der Waals surface area contributed by atoms with Gasteiger partial charge in [-0.15, -0.1) is 0 Å². The third-order valence-electron chi connectivity index (χ3n) is 7.28. The molecule has 0 heterocycles. The van der Waals surface area contributed by atoms with Crippen molar-refractivity contribution < 1.29 is 32.2 Å². The summed E-state index contributed by atoms with van der Waals surface area (Å²) in [6.45, 7) is 5.00. The number of anilines is 1. The van der Waals surface area contributed by atoms with Crippen molar-refractivity contribution in [2.24, 2.45) is 0 Å². The van der Waals surface area contributed by atoms with Crippen LogP contribution in [-0.2, 0) is 26.0 Å². The average molecular weight is 646 g/mol. The number of rotatable bonds is 15. The summed E-state index contributed by atoms with van der Waals surface area (Å²) < 4.78 is 45.6. The van der Waals surface area contributed by atoms with Crippen LogP contribution >= 0.6 is 11.6 Å². The molecule has 2 amide bonds. The second-order valence-corrected chi connectivity index (χ2v) is 12.5. The predicted molar refractivity (Wildman–Crippen MR) is 171 cm³/mol. The fourth-order valence-corrected chi connectivity index (χ4v) is 6.11. The van der Waals surface area contributed by atoms with E-state index < -0.39 is 28.5 Å². The lowest BCUT2D eigenvalue weighted by Crippen LogP contribution is -2.53. The topological polar surface area (TPSA) is 114 Å². The standard InChI is InChI=1S/C32H40ClN3O7S/c1-7-22(2)34-32(38)23(3)35(18-17-24-11-9-8-10-12-24)31(37)21-36(27-19-25(33)13-15-28(27)41-4)44(39,40)26-14-16-29(42-5)30(20-26)43-6/h8-16,19-20,22-23H,7,17-18,21H2,1-6H3,(H,34,38)/t22-,23-/m1/s1. The highest BCUT2D eigenvalue weighted by molar-refractivity contribution is 7.92. The van der Waals surface area contributed by atoms with E-state index in [0.717, 1.165) is 9.87 Å². The maximum atomic E-state index is 14.3. The Morgan fingerprint density at radius 1 is 0.886 bits per heavy atom. The van der Waals surface area contributed by atoms with Crippen molar-refractivity contribution in [3.63, 3.8) is 0 Å². The number of sulfonamides is 1. The number of carbonyl (C=O) groups excluding carboxylic acids is 2. The number of nitrogens with one attached hydrogen (secondary N) is 1. The van der Waals surface area contributed by atoms with E-state index in [2.05, 4.69) is 5.32 Å². The lowest BCUT2D eigenvalue weighted by molar-refractivity contribution is -0.139. The van der Waals surface area contributed by atoms with E-state index in [4.69, 9.17) is 25.8 Å². The van der Waals surface area contributed by atoms with Gasteiger partial charge in [0.2, 0.25) is 11.8 Å². The molecule has 2 atom stereocenters. The van der Waals surface area contributed by atoms with Crippen LogP contribution in [0, 0.1) is 0 Å². The van der Waals surface area contributed by atoms with Crippen LogP contribution in [0.5, 0.6) is 17.2 Å². The Hall–Kier alpha value is -3.96. The Bertz CT molecular complexity index is 1540. The quantitative estimate of drug-likeness (QED) is 0.249. The largest absolute Gasteiger partial charge is 0.495 e. The van der Waals surface area contributed by atoms with Gasteiger partial charge in [-0.25, -0.2) is 8.42 Å². The minimum Gasteiger partial charge on any atom is -0.495 e. The molecule has 3 rings (SSSR count). The maximum absolute atomic E-state index is 14.3. The lowest BCUT2D eigenvalue weighted by Gasteiger charge is -2.33. The van der Waals surface area contributed by atoms with Crippen molar-refractivity contribution in [3.8, 4) is 17.2 Å². The first kappa shape index (κ1) is 34.5. The molecule has 0 saturated heterocycles. The van der Waals surface area contributed by atoms with Crippen LogP contribution in [0.1, 0.15) is 32.8 Å². The summed E-state index contributed by atoms with van der Waals surface area (Å²) in [6.07, 6.45) is 1.17. The molecule has 0 unspecified atom stereocenters. The summed E-state index contributed by atoms with van der Waals surface area (Å²) in [4.78, 5) is 28.6. The SMILES string of the molecule is CC[C@@H](C)NC(=O)[C@@H](C)N(CCc1ccccc1)C(=O)CN(c1cc(Cl)ccc1OC)S(=O)(=O)c1ccc(OC)c(OC)c1. The zero-order valence-electron chi connectivity index (χ0n) is 25.9. The first-order valence-corrected chi connectivity index (χ1v) is 16.0. The average Bonchev–Trinajstić information content (AvgIpc) is 3.03. The molecule has 0 aromatic heterocycles. The number of methoxy groups -OCH3 is 3. The fraction of sp³-hybridized carbons (Fsp3) is 0.375. The van der Waals surface area contributed by atoms with Crippen molar-refractivity contribution in [1.29, 1.82) is 0 Å². The molecule has 0 saturated carbocycles. The minimum atomic E-state index is -4.41. The molecule has 0 radical (unpaired) electrons. The molecular formula is C32H40ClN3O7S. The molecule has 0 bridgehead atoms. The van der Waals surface area contributed by atoms with Crippen LogP contribution in [-0.4, -0.2) is 71.6 Å².